The Kier molecular flexibility index (Phi) is 6.32. The summed E-state index contributed by atoms with van der Waals surface area (Å²) in [4.78, 5) is 18.0. The molecule has 1 heterocycles. The molecular formula is C21H23N3OS. The van der Waals surface area contributed by atoms with Crippen LogP contribution in [0.5, 0.6) is 0 Å². The Bertz CT molecular complexity index is 790. The summed E-state index contributed by atoms with van der Waals surface area (Å²) in [6, 6.07) is 18.1. The van der Waals surface area contributed by atoms with Crippen LogP contribution in [0.15, 0.2) is 53.4 Å². The fraction of sp³-hybridized carbons (Fsp3) is 0.333. The van der Waals surface area contributed by atoms with Gasteiger partial charge in [0.25, 0.3) is 0 Å². The lowest BCUT2D eigenvalue weighted by Crippen LogP contribution is -2.48. The van der Waals surface area contributed by atoms with Crippen LogP contribution in [0.1, 0.15) is 16.7 Å². The molecule has 1 aliphatic heterocycles. The molecule has 4 nitrogen and oxygen atoms in total. The van der Waals surface area contributed by atoms with Crippen LogP contribution in [0.4, 0.5) is 0 Å². The van der Waals surface area contributed by atoms with Crippen LogP contribution in [0, 0.1) is 18.3 Å². The van der Waals surface area contributed by atoms with Crippen molar-refractivity contribution in [3.63, 3.8) is 0 Å². The number of amides is 1. The normalized spacial score (nSPS) is 14.8. The maximum atomic E-state index is 12.5. The first-order chi connectivity index (χ1) is 12.7. The van der Waals surface area contributed by atoms with Gasteiger partial charge in [-0.3, -0.25) is 9.69 Å². The number of thioether (sulfide) groups is 1. The van der Waals surface area contributed by atoms with Crippen molar-refractivity contribution in [2.45, 2.75) is 18.4 Å². The SMILES string of the molecule is Cc1ccccc1SCC(=O)N1CCN(Cc2ccc(C#N)cc2)CC1. The van der Waals surface area contributed by atoms with Crippen LogP contribution >= 0.6 is 11.8 Å². The molecule has 0 N–H and O–H groups in total. The van der Waals surface area contributed by atoms with E-state index in [2.05, 4.69) is 30.0 Å². The van der Waals surface area contributed by atoms with Crippen molar-refractivity contribution in [2.24, 2.45) is 0 Å². The summed E-state index contributed by atoms with van der Waals surface area (Å²) >= 11 is 1.62. The third-order valence-electron chi connectivity index (χ3n) is 4.66. The Hall–Kier alpha value is -2.29. The molecule has 1 aliphatic rings. The fourth-order valence-corrected chi connectivity index (χ4v) is 3.98. The summed E-state index contributed by atoms with van der Waals surface area (Å²) in [7, 11) is 0. The van der Waals surface area contributed by atoms with Crippen LogP contribution in [0.2, 0.25) is 0 Å². The van der Waals surface area contributed by atoms with Crippen molar-refractivity contribution in [3.05, 3.63) is 65.2 Å². The second-order valence-electron chi connectivity index (χ2n) is 6.52. The van der Waals surface area contributed by atoms with Crippen LogP contribution in [0.3, 0.4) is 0 Å². The zero-order valence-electron chi connectivity index (χ0n) is 15.0. The molecule has 0 atom stereocenters. The number of nitrogens with zero attached hydrogens (tertiary/aromatic N) is 3. The topological polar surface area (TPSA) is 47.3 Å². The molecule has 26 heavy (non-hydrogen) atoms. The Labute approximate surface area is 159 Å². The monoisotopic (exact) mass is 365 g/mol. The molecule has 134 valence electrons. The van der Waals surface area contributed by atoms with Gasteiger partial charge in [-0.25, -0.2) is 0 Å². The Balaban J connectivity index is 1.44. The van der Waals surface area contributed by atoms with Gasteiger partial charge in [0.05, 0.1) is 17.4 Å². The van der Waals surface area contributed by atoms with Crippen molar-refractivity contribution in [3.8, 4) is 6.07 Å². The molecular weight excluding hydrogens is 342 g/mol. The van der Waals surface area contributed by atoms with Crippen LogP contribution in [0.25, 0.3) is 0 Å². The predicted octanol–water partition coefficient (Wildman–Crippen LogP) is 3.30. The minimum Gasteiger partial charge on any atom is -0.339 e. The van der Waals surface area contributed by atoms with E-state index in [1.54, 1.807) is 11.8 Å². The smallest absolute Gasteiger partial charge is 0.233 e. The molecule has 1 amide bonds. The van der Waals surface area contributed by atoms with E-state index in [9.17, 15) is 4.79 Å². The maximum absolute atomic E-state index is 12.5. The van der Waals surface area contributed by atoms with Gasteiger partial charge in [0.2, 0.25) is 5.91 Å². The minimum absolute atomic E-state index is 0.219. The van der Waals surface area contributed by atoms with Crippen LogP contribution in [-0.2, 0) is 11.3 Å². The number of hydrogen-bond donors (Lipinski definition) is 0. The first-order valence-electron chi connectivity index (χ1n) is 8.83. The second kappa shape index (κ2) is 8.88. The van der Waals surface area contributed by atoms with E-state index in [4.69, 9.17) is 5.26 Å². The largest absolute Gasteiger partial charge is 0.339 e. The summed E-state index contributed by atoms with van der Waals surface area (Å²) in [5.74, 6) is 0.719. The Morgan fingerprint density at radius 3 is 2.42 bits per heavy atom. The predicted molar refractivity (Wildman–Crippen MR) is 105 cm³/mol. The quantitative estimate of drug-likeness (QED) is 0.763. The van der Waals surface area contributed by atoms with E-state index >= 15 is 0 Å². The van der Waals surface area contributed by atoms with Gasteiger partial charge in [0, 0.05) is 37.6 Å². The van der Waals surface area contributed by atoms with Gasteiger partial charge in [-0.05, 0) is 36.2 Å². The number of benzene rings is 2. The van der Waals surface area contributed by atoms with Crippen LogP contribution in [-0.4, -0.2) is 47.6 Å². The molecule has 0 radical (unpaired) electrons. The average Bonchev–Trinajstić information content (AvgIpc) is 2.68. The lowest BCUT2D eigenvalue weighted by Gasteiger charge is -2.34. The van der Waals surface area contributed by atoms with Gasteiger partial charge >= 0.3 is 0 Å². The lowest BCUT2D eigenvalue weighted by atomic mass is 10.1. The summed E-state index contributed by atoms with van der Waals surface area (Å²) in [5.41, 5.74) is 3.12. The highest BCUT2D eigenvalue weighted by atomic mass is 32.2. The first-order valence-corrected chi connectivity index (χ1v) is 9.82. The molecule has 0 aliphatic carbocycles. The zero-order chi connectivity index (χ0) is 18.4. The number of piperazine rings is 1. The molecule has 0 unspecified atom stereocenters. The zero-order valence-corrected chi connectivity index (χ0v) is 15.8. The molecule has 1 saturated heterocycles. The highest BCUT2D eigenvalue weighted by Gasteiger charge is 2.21. The molecule has 0 spiro atoms. The fourth-order valence-electron chi connectivity index (χ4n) is 3.05. The minimum atomic E-state index is 0.219. The first kappa shape index (κ1) is 18.5. The number of aryl methyl sites for hydroxylation is 1. The molecule has 0 saturated carbocycles. The van der Waals surface area contributed by atoms with Gasteiger partial charge in [0.15, 0.2) is 0 Å². The van der Waals surface area contributed by atoms with Gasteiger partial charge in [-0.1, -0.05) is 30.3 Å². The summed E-state index contributed by atoms with van der Waals surface area (Å²) in [6.45, 7) is 6.29. The van der Waals surface area contributed by atoms with E-state index in [0.717, 1.165) is 32.7 Å². The molecule has 5 heteroatoms. The molecule has 1 fully saturated rings. The molecule has 2 aromatic rings. The van der Waals surface area contributed by atoms with Crippen molar-refractivity contribution in [1.29, 1.82) is 5.26 Å². The maximum Gasteiger partial charge on any atom is 0.233 e. The van der Waals surface area contributed by atoms with E-state index in [1.165, 1.54) is 16.0 Å². The van der Waals surface area contributed by atoms with Crippen molar-refractivity contribution in [2.75, 3.05) is 31.9 Å². The summed E-state index contributed by atoms with van der Waals surface area (Å²) in [6.07, 6.45) is 0. The second-order valence-corrected chi connectivity index (χ2v) is 7.54. The van der Waals surface area contributed by atoms with Gasteiger partial charge in [-0.2, -0.15) is 5.26 Å². The summed E-state index contributed by atoms with van der Waals surface area (Å²) in [5, 5.41) is 8.86. The van der Waals surface area contributed by atoms with E-state index in [0.29, 0.717) is 11.3 Å². The standard InChI is InChI=1S/C21H23N3OS/c1-17-4-2-3-5-20(17)26-16-21(25)24-12-10-23(11-13-24)15-19-8-6-18(14-22)7-9-19/h2-9H,10-13,15-16H2,1H3. The average molecular weight is 366 g/mol. The molecule has 0 bridgehead atoms. The summed E-state index contributed by atoms with van der Waals surface area (Å²) < 4.78 is 0. The van der Waals surface area contributed by atoms with Crippen LogP contribution < -0.4 is 0 Å². The number of nitriles is 1. The highest BCUT2D eigenvalue weighted by molar-refractivity contribution is 8.00. The molecule has 2 aromatic carbocycles. The van der Waals surface area contributed by atoms with Crippen molar-refractivity contribution >= 4 is 17.7 Å². The van der Waals surface area contributed by atoms with Crippen molar-refractivity contribution in [1.82, 2.24) is 9.80 Å². The van der Waals surface area contributed by atoms with E-state index in [-0.39, 0.29) is 5.91 Å². The Morgan fingerprint density at radius 1 is 1.08 bits per heavy atom. The van der Waals surface area contributed by atoms with Gasteiger partial charge in [-0.15, -0.1) is 11.8 Å². The third kappa shape index (κ3) is 4.87. The van der Waals surface area contributed by atoms with E-state index in [1.807, 2.05) is 41.3 Å². The lowest BCUT2D eigenvalue weighted by molar-refractivity contribution is -0.130. The number of carbonyl (C=O) groups is 1. The number of hydrogen-bond acceptors (Lipinski definition) is 4. The van der Waals surface area contributed by atoms with Gasteiger partial charge < -0.3 is 4.90 Å². The van der Waals surface area contributed by atoms with E-state index < -0.39 is 0 Å². The van der Waals surface area contributed by atoms with Gasteiger partial charge in [0.1, 0.15) is 0 Å². The molecule has 0 aromatic heterocycles. The highest BCUT2D eigenvalue weighted by Crippen LogP contribution is 2.22. The number of rotatable bonds is 5. The van der Waals surface area contributed by atoms with Crippen molar-refractivity contribution < 1.29 is 4.79 Å². The third-order valence-corrected chi connectivity index (χ3v) is 5.82. The Morgan fingerprint density at radius 2 is 1.77 bits per heavy atom. The number of carbonyl (C=O) groups excluding carboxylic acids is 1. The molecule has 3 rings (SSSR count).